The van der Waals surface area contributed by atoms with Gasteiger partial charge >= 0.3 is 5.97 Å². The molecule has 0 saturated carbocycles. The number of rotatable bonds is 6. The largest absolute Gasteiger partial charge is 0.469 e. The monoisotopic (exact) mass is 425 g/mol. The highest BCUT2D eigenvalue weighted by molar-refractivity contribution is 5.95. The first kappa shape index (κ1) is 20.7. The average molecular weight is 425 g/mol. The van der Waals surface area contributed by atoms with Crippen molar-refractivity contribution in [1.82, 2.24) is 15.1 Å². The Bertz CT molecular complexity index is 1130. The van der Waals surface area contributed by atoms with Gasteiger partial charge in [0.15, 0.2) is 17.3 Å². The van der Waals surface area contributed by atoms with Crippen molar-refractivity contribution in [2.75, 3.05) is 7.11 Å². The van der Waals surface area contributed by atoms with Crippen molar-refractivity contribution in [2.24, 2.45) is 0 Å². The van der Waals surface area contributed by atoms with Gasteiger partial charge in [-0.1, -0.05) is 30.3 Å². The third-order valence-electron chi connectivity index (χ3n) is 5.40. The van der Waals surface area contributed by atoms with Crippen molar-refractivity contribution < 1.29 is 23.1 Å². The van der Waals surface area contributed by atoms with E-state index in [0.29, 0.717) is 18.5 Å². The minimum Gasteiger partial charge on any atom is -0.469 e. The molecule has 0 aliphatic heterocycles. The SMILES string of the molecule is COC(=O)C[C@H](NC(=O)c1nn(-c2ccc(F)c(F)c2)c2c1CCC2)c1ccccc1. The molecule has 1 aliphatic rings. The van der Waals surface area contributed by atoms with Crippen molar-refractivity contribution >= 4 is 11.9 Å². The number of halogens is 2. The molecule has 160 valence electrons. The summed E-state index contributed by atoms with van der Waals surface area (Å²) in [6.07, 6.45) is 2.15. The number of nitrogens with zero attached hydrogens (tertiary/aromatic N) is 2. The summed E-state index contributed by atoms with van der Waals surface area (Å²) in [5.74, 6) is -2.81. The Morgan fingerprint density at radius 3 is 2.61 bits per heavy atom. The first-order chi connectivity index (χ1) is 15.0. The molecule has 1 atom stereocenters. The number of hydrogen-bond donors (Lipinski definition) is 1. The fraction of sp³-hybridized carbons (Fsp3) is 0.261. The van der Waals surface area contributed by atoms with Crippen LogP contribution in [-0.4, -0.2) is 28.8 Å². The van der Waals surface area contributed by atoms with Crippen LogP contribution < -0.4 is 5.32 Å². The highest BCUT2D eigenvalue weighted by atomic mass is 19.2. The molecule has 3 aromatic rings. The number of hydrogen-bond acceptors (Lipinski definition) is 4. The average Bonchev–Trinajstić information content (AvgIpc) is 3.38. The van der Waals surface area contributed by atoms with Gasteiger partial charge in [0, 0.05) is 17.3 Å². The predicted molar refractivity (Wildman–Crippen MR) is 109 cm³/mol. The van der Waals surface area contributed by atoms with E-state index in [1.165, 1.54) is 17.9 Å². The Labute approximate surface area is 177 Å². The Balaban J connectivity index is 1.66. The standard InChI is InChI=1S/C23H21F2N3O3/c1-31-21(29)13-19(14-6-3-2-4-7-14)26-23(30)22-16-8-5-9-20(16)28(27-22)15-10-11-17(24)18(25)12-15/h2-4,6-7,10-12,19H,5,8-9,13H2,1H3,(H,26,30)/t19-/m0/s1. The zero-order valence-corrected chi connectivity index (χ0v) is 16.9. The Hall–Kier alpha value is -3.55. The van der Waals surface area contributed by atoms with Gasteiger partial charge < -0.3 is 10.1 Å². The number of methoxy groups -OCH3 is 1. The second-order valence-corrected chi connectivity index (χ2v) is 7.35. The van der Waals surface area contributed by atoms with E-state index in [9.17, 15) is 18.4 Å². The van der Waals surface area contributed by atoms with Crippen LogP contribution in [0.25, 0.3) is 5.69 Å². The predicted octanol–water partition coefficient (Wildman–Crippen LogP) is 3.67. The van der Waals surface area contributed by atoms with E-state index < -0.39 is 29.6 Å². The van der Waals surface area contributed by atoms with E-state index in [-0.39, 0.29) is 12.1 Å². The van der Waals surface area contributed by atoms with E-state index in [1.807, 2.05) is 30.3 Å². The van der Waals surface area contributed by atoms with E-state index in [4.69, 9.17) is 4.74 Å². The Morgan fingerprint density at radius 1 is 1.13 bits per heavy atom. The fourth-order valence-electron chi connectivity index (χ4n) is 3.86. The van der Waals surface area contributed by atoms with Crippen molar-refractivity contribution in [3.63, 3.8) is 0 Å². The molecule has 1 amide bonds. The highest BCUT2D eigenvalue weighted by Gasteiger charge is 2.29. The number of carbonyl (C=O) groups is 2. The van der Waals surface area contributed by atoms with Gasteiger partial charge in [0.25, 0.3) is 5.91 Å². The molecule has 2 aromatic carbocycles. The zero-order chi connectivity index (χ0) is 22.0. The first-order valence-corrected chi connectivity index (χ1v) is 9.96. The minimum atomic E-state index is -0.979. The number of nitrogens with one attached hydrogen (secondary N) is 1. The number of amides is 1. The fourth-order valence-corrected chi connectivity index (χ4v) is 3.86. The lowest BCUT2D eigenvalue weighted by molar-refractivity contribution is -0.141. The molecule has 1 aromatic heterocycles. The second-order valence-electron chi connectivity index (χ2n) is 7.35. The van der Waals surface area contributed by atoms with Gasteiger partial charge in [0.1, 0.15) is 0 Å². The van der Waals surface area contributed by atoms with Gasteiger partial charge in [-0.15, -0.1) is 0 Å². The second kappa shape index (κ2) is 8.67. The number of aromatic nitrogens is 2. The van der Waals surface area contributed by atoms with Gasteiger partial charge in [-0.2, -0.15) is 5.10 Å². The molecule has 0 bridgehead atoms. The Morgan fingerprint density at radius 2 is 1.90 bits per heavy atom. The minimum absolute atomic E-state index is 0.0294. The molecule has 0 spiro atoms. The maximum atomic E-state index is 13.8. The molecule has 0 fully saturated rings. The Kier molecular flexibility index (Phi) is 5.79. The lowest BCUT2D eigenvalue weighted by Gasteiger charge is -2.18. The highest BCUT2D eigenvalue weighted by Crippen LogP contribution is 2.29. The van der Waals surface area contributed by atoms with Crippen molar-refractivity contribution in [3.8, 4) is 5.69 Å². The molecule has 0 radical (unpaired) electrons. The van der Waals surface area contributed by atoms with Gasteiger partial charge in [-0.25, -0.2) is 13.5 Å². The number of carbonyl (C=O) groups excluding carboxylic acids is 2. The molecule has 6 nitrogen and oxygen atoms in total. The van der Waals surface area contributed by atoms with Crippen molar-refractivity contribution in [1.29, 1.82) is 0 Å². The molecule has 8 heteroatoms. The molecule has 0 saturated heterocycles. The molecular formula is C23H21F2N3O3. The summed E-state index contributed by atoms with van der Waals surface area (Å²) < 4.78 is 33.4. The molecule has 1 aliphatic carbocycles. The normalized spacial score (nSPS) is 13.5. The van der Waals surface area contributed by atoms with Crippen LogP contribution in [0.2, 0.25) is 0 Å². The summed E-state index contributed by atoms with van der Waals surface area (Å²) >= 11 is 0. The van der Waals surface area contributed by atoms with Crippen molar-refractivity contribution in [2.45, 2.75) is 31.7 Å². The third-order valence-corrected chi connectivity index (χ3v) is 5.40. The van der Waals surface area contributed by atoms with E-state index in [1.54, 1.807) is 0 Å². The lowest BCUT2D eigenvalue weighted by Crippen LogP contribution is -2.31. The molecule has 1 N–H and O–H groups in total. The third kappa shape index (κ3) is 4.19. The van der Waals surface area contributed by atoms with Crippen LogP contribution in [0, 0.1) is 11.6 Å². The molecule has 0 unspecified atom stereocenters. The number of esters is 1. The van der Waals surface area contributed by atoms with Gasteiger partial charge in [-0.3, -0.25) is 9.59 Å². The van der Waals surface area contributed by atoms with Crippen LogP contribution in [0.5, 0.6) is 0 Å². The summed E-state index contributed by atoms with van der Waals surface area (Å²) in [5, 5.41) is 7.30. The van der Waals surface area contributed by atoms with Crippen LogP contribution in [0.1, 0.15) is 46.2 Å². The van der Waals surface area contributed by atoms with E-state index in [2.05, 4.69) is 10.4 Å². The maximum Gasteiger partial charge on any atom is 0.307 e. The lowest BCUT2D eigenvalue weighted by atomic mass is 10.0. The first-order valence-electron chi connectivity index (χ1n) is 9.96. The number of fused-ring (bicyclic) bond motifs is 1. The summed E-state index contributed by atoms with van der Waals surface area (Å²) in [5.41, 5.74) is 2.93. The van der Waals surface area contributed by atoms with E-state index in [0.717, 1.165) is 35.4 Å². The summed E-state index contributed by atoms with van der Waals surface area (Å²) in [4.78, 5) is 25.0. The van der Waals surface area contributed by atoms with Crippen molar-refractivity contribution in [3.05, 3.63) is 82.7 Å². The smallest absolute Gasteiger partial charge is 0.307 e. The summed E-state index contributed by atoms with van der Waals surface area (Å²) in [6.45, 7) is 0. The zero-order valence-electron chi connectivity index (χ0n) is 16.9. The van der Waals surface area contributed by atoms with E-state index >= 15 is 0 Å². The van der Waals surface area contributed by atoms with Gasteiger partial charge in [0.2, 0.25) is 0 Å². The molecule has 4 rings (SSSR count). The summed E-state index contributed by atoms with van der Waals surface area (Å²) in [6, 6.07) is 12.1. The van der Waals surface area contributed by atoms with Crippen LogP contribution >= 0.6 is 0 Å². The topological polar surface area (TPSA) is 73.2 Å². The number of ether oxygens (including phenoxy) is 1. The molecule has 1 heterocycles. The van der Waals surface area contributed by atoms with Gasteiger partial charge in [0.05, 0.1) is 25.3 Å². The quantitative estimate of drug-likeness (QED) is 0.612. The molecule has 31 heavy (non-hydrogen) atoms. The summed E-state index contributed by atoms with van der Waals surface area (Å²) in [7, 11) is 1.29. The number of benzene rings is 2. The molecular weight excluding hydrogens is 404 g/mol. The van der Waals surface area contributed by atoms with Crippen LogP contribution in [0.15, 0.2) is 48.5 Å². The maximum absolute atomic E-state index is 13.8. The van der Waals surface area contributed by atoms with Crippen LogP contribution in [0.4, 0.5) is 8.78 Å². The van der Waals surface area contributed by atoms with Crippen LogP contribution in [-0.2, 0) is 22.4 Å². The van der Waals surface area contributed by atoms with Crippen LogP contribution in [0.3, 0.4) is 0 Å². The van der Waals surface area contributed by atoms with Gasteiger partial charge in [-0.05, 0) is 37.0 Å².